The number of H-pyrrole nitrogens is 1. The van der Waals surface area contributed by atoms with Crippen LogP contribution in [0.25, 0.3) is 22.3 Å². The van der Waals surface area contributed by atoms with Gasteiger partial charge in [0.1, 0.15) is 12.0 Å². The van der Waals surface area contributed by atoms with E-state index in [9.17, 15) is 15.5 Å². The summed E-state index contributed by atoms with van der Waals surface area (Å²) in [5, 5.41) is 34.9. The summed E-state index contributed by atoms with van der Waals surface area (Å²) in [5.74, 6) is -0.398. The Hall–Kier alpha value is -2.76. The van der Waals surface area contributed by atoms with Crippen molar-refractivity contribution in [1.82, 2.24) is 24.7 Å². The maximum absolute atomic E-state index is 10.2. The summed E-state index contributed by atoms with van der Waals surface area (Å²) >= 11 is 0. The van der Waals surface area contributed by atoms with Crippen LogP contribution >= 0.6 is 0 Å². The largest absolute Gasteiger partial charge is 0.393 e. The highest BCUT2D eigenvalue weighted by Crippen LogP contribution is 2.37. The molecule has 3 unspecified atom stereocenters. The number of aliphatic hydroxyl groups is 2. The molecule has 128 valence electrons. The van der Waals surface area contributed by atoms with Gasteiger partial charge in [0, 0.05) is 29.3 Å². The van der Waals surface area contributed by atoms with E-state index >= 15 is 0 Å². The smallest absolute Gasteiger partial charge is 0.141 e. The zero-order valence-electron chi connectivity index (χ0n) is 13.4. The Morgan fingerprint density at radius 3 is 2.88 bits per heavy atom. The lowest BCUT2D eigenvalue weighted by Gasteiger charge is -2.27. The normalized spacial score (nSPS) is 24.4. The van der Waals surface area contributed by atoms with Gasteiger partial charge < -0.3 is 15.2 Å². The van der Waals surface area contributed by atoms with E-state index in [1.165, 1.54) is 6.33 Å². The third kappa shape index (κ3) is 2.67. The van der Waals surface area contributed by atoms with Gasteiger partial charge in [0.2, 0.25) is 0 Å². The first-order valence-corrected chi connectivity index (χ1v) is 8.24. The van der Waals surface area contributed by atoms with Gasteiger partial charge in [-0.3, -0.25) is 4.68 Å². The zero-order chi connectivity index (χ0) is 17.4. The second kappa shape index (κ2) is 6.27. The van der Waals surface area contributed by atoms with Gasteiger partial charge in [-0.05, 0) is 18.9 Å². The number of hydrogen-bond donors (Lipinski definition) is 3. The fourth-order valence-corrected chi connectivity index (χ4v) is 3.74. The van der Waals surface area contributed by atoms with Gasteiger partial charge in [0.25, 0.3) is 0 Å². The highest BCUT2D eigenvalue weighted by molar-refractivity contribution is 5.89. The number of nitrogens with zero attached hydrogens (tertiary/aromatic N) is 5. The molecular weight excluding hydrogens is 320 g/mol. The van der Waals surface area contributed by atoms with Crippen LogP contribution in [-0.4, -0.2) is 47.2 Å². The predicted octanol–water partition coefficient (Wildman–Crippen LogP) is 1.41. The second-order valence-electron chi connectivity index (χ2n) is 6.39. The molecule has 1 aliphatic rings. The Labute approximate surface area is 143 Å². The van der Waals surface area contributed by atoms with Gasteiger partial charge in [-0.2, -0.15) is 10.4 Å². The van der Waals surface area contributed by atoms with E-state index < -0.39 is 18.1 Å². The van der Waals surface area contributed by atoms with Crippen LogP contribution in [0.4, 0.5) is 0 Å². The number of rotatable bonds is 4. The van der Waals surface area contributed by atoms with Gasteiger partial charge in [0.05, 0.1) is 42.6 Å². The van der Waals surface area contributed by atoms with E-state index in [1.807, 2.05) is 12.3 Å². The molecule has 1 aliphatic carbocycles. The van der Waals surface area contributed by atoms with Crippen LogP contribution < -0.4 is 0 Å². The lowest BCUT2D eigenvalue weighted by molar-refractivity contribution is 0.0304. The molecule has 0 bridgehead atoms. The third-order valence-electron chi connectivity index (χ3n) is 4.96. The first kappa shape index (κ1) is 15.7. The molecule has 25 heavy (non-hydrogen) atoms. The van der Waals surface area contributed by atoms with Crippen LogP contribution in [0.1, 0.15) is 25.3 Å². The number of aliphatic hydroxyl groups excluding tert-OH is 2. The van der Waals surface area contributed by atoms with Crippen LogP contribution in [-0.2, 0) is 0 Å². The summed E-state index contributed by atoms with van der Waals surface area (Å²) in [6.07, 6.45) is 6.78. The number of nitriles is 1. The number of aromatic amines is 1. The Kier molecular flexibility index (Phi) is 3.95. The van der Waals surface area contributed by atoms with Crippen molar-refractivity contribution in [1.29, 1.82) is 5.26 Å². The van der Waals surface area contributed by atoms with Crippen molar-refractivity contribution in [2.75, 3.05) is 0 Å². The minimum absolute atomic E-state index is 0.170. The maximum atomic E-state index is 10.2. The van der Waals surface area contributed by atoms with Crippen molar-refractivity contribution in [2.45, 2.75) is 37.5 Å². The molecule has 4 rings (SSSR count). The monoisotopic (exact) mass is 338 g/mol. The Balaban J connectivity index is 1.72. The van der Waals surface area contributed by atoms with Crippen LogP contribution in [0.5, 0.6) is 0 Å². The van der Waals surface area contributed by atoms with Crippen molar-refractivity contribution in [3.8, 4) is 17.3 Å². The van der Waals surface area contributed by atoms with E-state index in [0.29, 0.717) is 12.8 Å². The highest BCUT2D eigenvalue weighted by Gasteiger charge is 2.40. The molecule has 1 saturated carbocycles. The summed E-state index contributed by atoms with van der Waals surface area (Å²) in [4.78, 5) is 11.6. The minimum atomic E-state index is -0.628. The van der Waals surface area contributed by atoms with E-state index in [-0.39, 0.29) is 12.5 Å². The molecule has 0 radical (unpaired) electrons. The molecule has 0 aliphatic heterocycles. The van der Waals surface area contributed by atoms with Crippen molar-refractivity contribution in [3.05, 3.63) is 31.0 Å². The Morgan fingerprint density at radius 1 is 1.32 bits per heavy atom. The first-order valence-electron chi connectivity index (χ1n) is 8.24. The first-order chi connectivity index (χ1) is 12.2. The van der Waals surface area contributed by atoms with Crippen molar-refractivity contribution < 1.29 is 10.2 Å². The lowest BCUT2D eigenvalue weighted by Crippen LogP contribution is -2.32. The van der Waals surface area contributed by atoms with Crippen molar-refractivity contribution >= 4 is 11.0 Å². The Bertz CT molecular complexity index is 917. The molecule has 0 amide bonds. The molecule has 3 atom stereocenters. The number of aromatic nitrogens is 5. The summed E-state index contributed by atoms with van der Waals surface area (Å²) in [5.41, 5.74) is 2.30. The highest BCUT2D eigenvalue weighted by atomic mass is 16.3. The fourth-order valence-electron chi connectivity index (χ4n) is 3.74. The van der Waals surface area contributed by atoms with E-state index in [1.54, 1.807) is 17.1 Å². The summed E-state index contributed by atoms with van der Waals surface area (Å²) in [6.45, 7) is 0. The minimum Gasteiger partial charge on any atom is -0.393 e. The maximum Gasteiger partial charge on any atom is 0.141 e. The SMILES string of the molecule is N#CCC(C1C(O)CCC1O)n1cc(-c2ncnc3[nH]ccc23)cn1. The van der Waals surface area contributed by atoms with Crippen LogP contribution in [0.3, 0.4) is 0 Å². The molecule has 3 aromatic heterocycles. The molecule has 0 saturated heterocycles. The third-order valence-corrected chi connectivity index (χ3v) is 4.96. The molecule has 0 aromatic carbocycles. The van der Waals surface area contributed by atoms with Crippen LogP contribution in [0.15, 0.2) is 31.0 Å². The standard InChI is InChI=1S/C17H18N6O2/c18-5-3-12(15-13(24)1-2-14(15)25)23-8-10(7-22-23)16-11-4-6-19-17(11)21-9-20-16/h4,6-9,12-15,24-25H,1-3H2,(H,19,20,21). The quantitative estimate of drug-likeness (QED) is 0.661. The molecule has 0 spiro atoms. The fraction of sp³-hybridized carbons (Fsp3) is 0.412. The molecule has 3 heterocycles. The summed E-state index contributed by atoms with van der Waals surface area (Å²) < 4.78 is 1.67. The molecule has 8 nitrogen and oxygen atoms in total. The molecule has 8 heteroatoms. The summed E-state index contributed by atoms with van der Waals surface area (Å²) in [7, 11) is 0. The Morgan fingerprint density at radius 2 is 2.12 bits per heavy atom. The molecule has 3 N–H and O–H groups in total. The van der Waals surface area contributed by atoms with Gasteiger partial charge >= 0.3 is 0 Å². The zero-order valence-corrected chi connectivity index (χ0v) is 13.4. The molecular formula is C17H18N6O2. The number of hydrogen-bond acceptors (Lipinski definition) is 6. The topological polar surface area (TPSA) is 124 Å². The number of nitrogens with one attached hydrogen (secondary N) is 1. The van der Waals surface area contributed by atoms with E-state index in [2.05, 4.69) is 26.1 Å². The van der Waals surface area contributed by atoms with Crippen LogP contribution in [0.2, 0.25) is 0 Å². The number of fused-ring (bicyclic) bond motifs is 1. The van der Waals surface area contributed by atoms with E-state index in [0.717, 1.165) is 22.3 Å². The average molecular weight is 338 g/mol. The van der Waals surface area contributed by atoms with Gasteiger partial charge in [-0.1, -0.05) is 0 Å². The van der Waals surface area contributed by atoms with Crippen molar-refractivity contribution in [2.24, 2.45) is 5.92 Å². The molecule has 1 fully saturated rings. The summed E-state index contributed by atoms with van der Waals surface area (Å²) in [6, 6.07) is 3.67. The van der Waals surface area contributed by atoms with Gasteiger partial charge in [0.15, 0.2) is 0 Å². The van der Waals surface area contributed by atoms with Crippen LogP contribution in [0, 0.1) is 17.2 Å². The molecule has 3 aromatic rings. The predicted molar refractivity (Wildman–Crippen MR) is 89.1 cm³/mol. The van der Waals surface area contributed by atoms with Gasteiger partial charge in [-0.15, -0.1) is 0 Å². The average Bonchev–Trinajstić information content (AvgIpc) is 3.33. The lowest BCUT2D eigenvalue weighted by atomic mass is 9.92. The van der Waals surface area contributed by atoms with Gasteiger partial charge in [-0.25, -0.2) is 9.97 Å². The second-order valence-corrected chi connectivity index (χ2v) is 6.39. The van der Waals surface area contributed by atoms with E-state index in [4.69, 9.17) is 0 Å². The van der Waals surface area contributed by atoms with Crippen molar-refractivity contribution in [3.63, 3.8) is 0 Å².